The van der Waals surface area contributed by atoms with Crippen molar-refractivity contribution in [3.63, 3.8) is 0 Å². The van der Waals surface area contributed by atoms with Crippen molar-refractivity contribution in [2.45, 2.75) is 241 Å². The first-order valence-corrected chi connectivity index (χ1v) is 65.3. The van der Waals surface area contributed by atoms with Crippen molar-refractivity contribution in [3.8, 4) is 91.6 Å². The van der Waals surface area contributed by atoms with Crippen LogP contribution in [-0.4, -0.2) is 186 Å². The number of hydrogen-bond acceptors (Lipinski definition) is 18. The number of carbonyl (C=O) groups is 1. The van der Waals surface area contributed by atoms with Crippen molar-refractivity contribution >= 4 is 79.4 Å². The van der Waals surface area contributed by atoms with Crippen LogP contribution in [0.25, 0.3) is 101 Å². The van der Waals surface area contributed by atoms with Gasteiger partial charge in [-0.25, -0.2) is 37.5 Å². The number of imidazole rings is 3. The Bertz CT molecular complexity index is 6000. The molecule has 6 aromatic heterocycles. The summed E-state index contributed by atoms with van der Waals surface area (Å²) in [5.41, 5.74) is 15.7. The zero-order valence-corrected chi connectivity index (χ0v) is 86.1. The Morgan fingerprint density at radius 3 is 1.44 bits per heavy atom. The number of halogens is 3. The highest BCUT2D eigenvalue weighted by Gasteiger charge is 2.29. The van der Waals surface area contributed by atoms with E-state index in [0.717, 1.165) is 213 Å². The SMILES string of the molecule is CCc1cc(C)c(F)cc1-c1ccc2c(-c3nc(C=O)cn3COCC[Si](C)(C)C)nn(COCC[Si](C)(C)C)c2c1.CCc1cc(O)c(F)cc1-c1ccc2c(-c3ncc(CN4CCC(C#N)CC4)[nH]3)n[nH]c2c1.CCc1cc(OCOCC[Si](C)(C)C)c(F)cc1-c1ccc2c(-c3nc(CN4CCC(C#N)CC4)cn3COCC[Si](C)(C)C)nn(COCC[Si](C)(C)C)c2c1. The van der Waals surface area contributed by atoms with Crippen LogP contribution in [0.15, 0.2) is 110 Å². The molecule has 0 radical (unpaired) electrons. The van der Waals surface area contributed by atoms with E-state index in [1.165, 1.54) is 12.1 Å². The van der Waals surface area contributed by atoms with Crippen LogP contribution in [0.3, 0.4) is 0 Å². The summed E-state index contributed by atoms with van der Waals surface area (Å²) >= 11 is 0. The van der Waals surface area contributed by atoms with Crippen LogP contribution in [0.1, 0.15) is 90.6 Å². The molecule has 0 bridgehead atoms. The van der Waals surface area contributed by atoms with Crippen LogP contribution < -0.4 is 4.74 Å². The Hall–Kier alpha value is -9.80. The number of phenolic OH excluding ortho intramolecular Hbond substituents is 1. The average Bonchev–Trinajstić information content (AvgIpc) is 1.60. The fourth-order valence-electron chi connectivity index (χ4n) is 16.1. The number of aromatic nitrogens is 12. The van der Waals surface area contributed by atoms with Gasteiger partial charge in [-0.2, -0.15) is 25.8 Å². The summed E-state index contributed by atoms with van der Waals surface area (Å²) in [6.07, 6.45) is 12.2. The lowest BCUT2D eigenvalue weighted by Gasteiger charge is -2.28. The maximum Gasteiger partial charge on any atom is 0.189 e. The molecule has 6 aromatic carbocycles. The molecule has 0 aliphatic carbocycles. The van der Waals surface area contributed by atoms with Gasteiger partial charge in [-0.05, 0) is 231 Å². The number of nitrogens with zero attached hydrogens (tertiary/aromatic N) is 14. The maximum absolute atomic E-state index is 15.7. The summed E-state index contributed by atoms with van der Waals surface area (Å²) < 4.78 is 88.3. The molecule has 0 amide bonds. The number of carbonyl (C=O) groups excluding carboxylic acids is 1. The Morgan fingerprint density at radius 2 is 0.947 bits per heavy atom. The molecule has 12 aromatic rings. The van der Waals surface area contributed by atoms with E-state index in [1.54, 1.807) is 25.3 Å². The van der Waals surface area contributed by atoms with Crippen LogP contribution in [0, 0.1) is 58.9 Å². The third kappa shape index (κ3) is 27.7. The number of piperidine rings is 2. The number of aromatic hydroxyl groups is 1. The first-order valence-electron chi connectivity index (χ1n) is 46.8. The Labute approximate surface area is 782 Å². The number of phenols is 1. The van der Waals surface area contributed by atoms with E-state index >= 15 is 4.39 Å². The monoisotopic (exact) mass is 1890 g/mol. The van der Waals surface area contributed by atoms with Gasteiger partial charge < -0.3 is 47.6 Å². The van der Waals surface area contributed by atoms with Gasteiger partial charge in [0.15, 0.2) is 53.7 Å². The summed E-state index contributed by atoms with van der Waals surface area (Å²) in [4.78, 5) is 34.2. The molecule has 8 heterocycles. The topological polar surface area (TPSA) is 275 Å². The molecule has 0 atom stereocenters. The van der Waals surface area contributed by atoms with Crippen molar-refractivity contribution in [2.24, 2.45) is 11.8 Å². The fourth-order valence-corrected chi connectivity index (χ4v) is 19.9. The molecular formula is C100H137F3N16O8Si5. The van der Waals surface area contributed by atoms with Gasteiger partial charge in [-0.15, -0.1) is 0 Å². The van der Waals surface area contributed by atoms with E-state index in [-0.39, 0.29) is 56.1 Å². The van der Waals surface area contributed by atoms with Crippen molar-refractivity contribution in [1.82, 2.24) is 68.6 Å². The fraction of sp³-hybridized carbons (Fsp3) is 0.490. The van der Waals surface area contributed by atoms with Gasteiger partial charge in [0.25, 0.3) is 0 Å². The molecule has 0 unspecified atom stereocenters. The summed E-state index contributed by atoms with van der Waals surface area (Å²) in [5, 5.41) is 48.7. The molecule has 0 saturated carbocycles. The quantitative estimate of drug-likeness (QED) is 0.0139. The number of aryl methyl sites for hydroxylation is 4. The number of hydrogen-bond donors (Lipinski definition) is 3. The summed E-state index contributed by atoms with van der Waals surface area (Å²) in [6, 6.07) is 38.0. The third-order valence-corrected chi connectivity index (χ3v) is 32.9. The van der Waals surface area contributed by atoms with E-state index < -0.39 is 52.0 Å². The first-order chi connectivity index (χ1) is 62.8. The minimum Gasteiger partial charge on any atom is -0.505 e. The number of likely N-dealkylation sites (tertiary alicyclic amines) is 2. The van der Waals surface area contributed by atoms with Crippen molar-refractivity contribution in [1.29, 1.82) is 10.5 Å². The number of nitrogens with one attached hydrogen (secondary N) is 2. The van der Waals surface area contributed by atoms with Gasteiger partial charge in [0.2, 0.25) is 0 Å². The van der Waals surface area contributed by atoms with E-state index in [4.69, 9.17) is 48.9 Å². The van der Waals surface area contributed by atoms with Gasteiger partial charge in [-0.3, -0.25) is 19.7 Å². The lowest BCUT2D eigenvalue weighted by atomic mass is 9.95. The number of nitriles is 2. The average molecular weight is 1890 g/mol. The molecule has 24 nitrogen and oxygen atoms in total. The summed E-state index contributed by atoms with van der Waals surface area (Å²) in [7, 11) is -6.29. The van der Waals surface area contributed by atoms with E-state index in [2.05, 4.69) is 194 Å². The molecule has 2 aliphatic heterocycles. The lowest BCUT2D eigenvalue weighted by Crippen LogP contribution is -2.32. The number of rotatable bonds is 40. The largest absolute Gasteiger partial charge is 0.505 e. The first kappa shape index (κ1) is 101. The third-order valence-electron chi connectivity index (χ3n) is 24.4. The normalized spacial score (nSPS) is 14.1. The van der Waals surface area contributed by atoms with Crippen molar-refractivity contribution < 1.29 is 51.5 Å². The highest BCUT2D eigenvalue weighted by molar-refractivity contribution is 6.77. The highest BCUT2D eigenvalue weighted by atomic mass is 28.3. The van der Waals surface area contributed by atoms with Gasteiger partial charge >= 0.3 is 0 Å². The number of ether oxygens (including phenoxy) is 6. The van der Waals surface area contributed by atoms with Crippen LogP contribution >= 0.6 is 0 Å². The van der Waals surface area contributed by atoms with E-state index in [9.17, 15) is 23.9 Å². The van der Waals surface area contributed by atoms with Gasteiger partial charge in [0.1, 0.15) is 55.5 Å². The molecule has 32 heteroatoms. The van der Waals surface area contributed by atoms with Gasteiger partial charge in [-0.1, -0.05) is 143 Å². The Morgan fingerprint density at radius 1 is 0.508 bits per heavy atom. The highest BCUT2D eigenvalue weighted by Crippen LogP contribution is 2.40. The van der Waals surface area contributed by atoms with Gasteiger partial charge in [0, 0.05) is 133 Å². The van der Waals surface area contributed by atoms with Crippen LogP contribution in [-0.2, 0) is 83.0 Å². The molecule has 3 N–H and O–H groups in total. The van der Waals surface area contributed by atoms with Crippen LogP contribution in [0.5, 0.6) is 11.5 Å². The summed E-state index contributed by atoms with van der Waals surface area (Å²) in [6.45, 7) is 52.5. The number of aldehydes is 1. The molecule has 132 heavy (non-hydrogen) atoms. The van der Waals surface area contributed by atoms with E-state index in [1.807, 2.05) is 69.5 Å². The molecule has 2 aliphatic rings. The number of benzene rings is 6. The second kappa shape index (κ2) is 45.0. The molecule has 0 spiro atoms. The summed E-state index contributed by atoms with van der Waals surface area (Å²) in [5.74, 6) is 0.919. The Balaban J connectivity index is 0.000000186. The molecular weight excluding hydrogens is 1750 g/mol. The van der Waals surface area contributed by atoms with Crippen LogP contribution in [0.2, 0.25) is 128 Å². The van der Waals surface area contributed by atoms with Crippen molar-refractivity contribution in [3.05, 3.63) is 166 Å². The number of H-pyrrole nitrogens is 2. The number of aromatic amines is 2. The predicted octanol–water partition coefficient (Wildman–Crippen LogP) is 23.1. The molecule has 706 valence electrons. The second-order valence-corrected chi connectivity index (χ2v) is 69.4. The molecule has 2 saturated heterocycles. The standard InChI is InChI=1S/C43H67FN6O4Si3.C32H45FN4O3Si2.C25H25FN6O/c1-11-34-25-41(54-32-53-20-23-57(8,9)10)39(44)26-38(34)35-12-13-37-40(24-35)50(31-52-19-22-56(5,6)7)47-42(37)43-46-36(28-48-16-14-33(27-45)15-17-48)29-49(43)30-51-18-21-55(2,3)4;1-9-24-16-23(2)29(33)18-28(24)25-10-11-27-30(17-25)37(22-40-13-15-42(6,7)8)35-31(27)32-34-26(20-38)19-36(32)21-39-12-14-41(3,4)5;1-2-16-10-23(33)21(26)11-20(16)17-3-4-19-22(9-17)30-31-24(19)25-28-13-18(29-25)14-32-7-5-15(12-27)6-8-32/h12-13,24-26,29,33H,11,14-23,28,30-32H2,1-10H3;10-11,16-20H,9,12-15,21-22H2,1-8H3;3-4,9-11,13,15,33H,2,5-8,14H2,1H3,(H,28,29)(H,30,31). The molecule has 2 fully saturated rings. The zero-order valence-electron chi connectivity index (χ0n) is 81.1. The predicted molar refractivity (Wildman–Crippen MR) is 535 cm³/mol. The smallest absolute Gasteiger partial charge is 0.189 e. The maximum atomic E-state index is 15.7. The lowest BCUT2D eigenvalue weighted by molar-refractivity contribution is 0.0197. The van der Waals surface area contributed by atoms with Gasteiger partial charge in [0.05, 0.1) is 40.6 Å². The number of fused-ring (bicyclic) bond motifs is 3. The van der Waals surface area contributed by atoms with E-state index in [0.29, 0.717) is 87.8 Å². The minimum absolute atomic E-state index is 0.0239. The second-order valence-electron chi connectivity index (χ2n) is 41.3. The molecule has 14 rings (SSSR count). The Kier molecular flexibility index (Phi) is 34.5. The van der Waals surface area contributed by atoms with Crippen LogP contribution in [0.4, 0.5) is 13.2 Å². The zero-order chi connectivity index (χ0) is 95.0. The van der Waals surface area contributed by atoms with Crippen molar-refractivity contribution in [2.75, 3.05) is 66.0 Å². The minimum atomic E-state index is -1.30.